The molecule has 2 aliphatic rings. The highest BCUT2D eigenvalue weighted by Gasteiger charge is 2.46. The molecule has 13 heteroatoms. The summed E-state index contributed by atoms with van der Waals surface area (Å²) in [4.78, 5) is 42.5. The van der Waals surface area contributed by atoms with Crippen LogP contribution >= 0.6 is 0 Å². The highest BCUT2D eigenvalue weighted by Crippen LogP contribution is 2.26. The number of rotatable bonds is 8. The van der Waals surface area contributed by atoms with Crippen LogP contribution in [0.25, 0.3) is 0 Å². The number of benzene rings is 1. The number of nitrogens with two attached hydrogens (primary N) is 1. The summed E-state index contributed by atoms with van der Waals surface area (Å²) in [6.07, 6.45) is -4.04. The summed E-state index contributed by atoms with van der Waals surface area (Å²) in [5.74, 6) is -5.85. The van der Waals surface area contributed by atoms with E-state index in [9.17, 15) is 27.6 Å². The van der Waals surface area contributed by atoms with Gasteiger partial charge in [0, 0.05) is 56.6 Å². The summed E-state index contributed by atoms with van der Waals surface area (Å²) in [6, 6.07) is 6.37. The van der Waals surface area contributed by atoms with E-state index in [0.29, 0.717) is 31.5 Å². The molecule has 3 rings (SSSR count). The molecule has 1 aromatic rings. The zero-order valence-electron chi connectivity index (χ0n) is 21.5. The molecule has 2 saturated heterocycles. The van der Waals surface area contributed by atoms with Crippen LogP contribution in [0.3, 0.4) is 0 Å². The van der Waals surface area contributed by atoms with Crippen LogP contribution in [0.1, 0.15) is 32.3 Å². The maximum absolute atomic E-state index is 12.7. The van der Waals surface area contributed by atoms with E-state index < -0.39 is 36.0 Å². The van der Waals surface area contributed by atoms with Crippen LogP contribution in [0.15, 0.2) is 24.3 Å². The van der Waals surface area contributed by atoms with Crippen LogP contribution in [0.2, 0.25) is 0 Å². The maximum atomic E-state index is 12.7. The van der Waals surface area contributed by atoms with E-state index in [4.69, 9.17) is 15.9 Å². The molecule has 0 aromatic heterocycles. The molecule has 0 aliphatic carbocycles. The predicted octanol–water partition coefficient (Wildman–Crippen LogP) is 1.76. The quantitative estimate of drug-likeness (QED) is 0.219. The molecule has 3 N–H and O–H groups in total. The molecule has 2 atom stereocenters. The molecule has 2 unspecified atom stereocenters. The maximum Gasteiger partial charge on any atom is 0.491 e. The molecule has 1 aromatic carbocycles. The lowest BCUT2D eigenvalue weighted by Crippen LogP contribution is -2.57. The number of esters is 3. The van der Waals surface area contributed by atoms with Crippen LogP contribution in [0.5, 0.6) is 0 Å². The molecule has 2 fully saturated rings. The molecular weight excluding hydrogens is 507 g/mol. The Morgan fingerprint density at radius 1 is 1.03 bits per heavy atom. The smallest absolute Gasteiger partial charge is 0.466 e. The third-order valence-electron chi connectivity index (χ3n) is 7.06. The zero-order valence-corrected chi connectivity index (χ0v) is 21.5. The Labute approximate surface area is 219 Å². The molecule has 10 nitrogen and oxygen atoms in total. The Morgan fingerprint density at radius 2 is 1.61 bits per heavy atom. The van der Waals surface area contributed by atoms with Gasteiger partial charge in [-0.3, -0.25) is 20.0 Å². The van der Waals surface area contributed by atoms with Gasteiger partial charge in [0.2, 0.25) is 0 Å². The monoisotopic (exact) mass is 541 g/mol. The normalized spacial score (nSPS) is 19.4. The summed E-state index contributed by atoms with van der Waals surface area (Å²) in [5, 5.41) is 7.52. The molecule has 0 bridgehead atoms. The van der Waals surface area contributed by atoms with Gasteiger partial charge in [-0.25, -0.2) is 9.59 Å². The summed E-state index contributed by atoms with van der Waals surface area (Å²) in [6.45, 7) is 6.92. The number of ether oxygens (including phenoxy) is 2. The molecule has 2 aliphatic heterocycles. The van der Waals surface area contributed by atoms with E-state index in [0.717, 1.165) is 31.9 Å². The van der Waals surface area contributed by atoms with Crippen molar-refractivity contribution in [3.8, 4) is 0 Å². The second-order valence-corrected chi connectivity index (χ2v) is 9.44. The van der Waals surface area contributed by atoms with E-state index in [2.05, 4.69) is 14.5 Å². The van der Waals surface area contributed by atoms with E-state index >= 15 is 0 Å². The van der Waals surface area contributed by atoms with Crippen LogP contribution in [0, 0.1) is 11.3 Å². The Bertz CT molecular complexity index is 1000. The molecule has 2 heterocycles. The first-order chi connectivity index (χ1) is 17.9. The molecule has 0 spiro atoms. The number of likely N-dealkylation sites (tertiary alicyclic amines) is 1. The third kappa shape index (κ3) is 7.22. The molecule has 0 radical (unpaired) electrons. The van der Waals surface area contributed by atoms with Crippen molar-refractivity contribution in [1.29, 1.82) is 5.41 Å². The van der Waals surface area contributed by atoms with E-state index in [1.54, 1.807) is 11.8 Å². The lowest BCUT2D eigenvalue weighted by molar-refractivity contribution is -0.204. The lowest BCUT2D eigenvalue weighted by Gasteiger charge is -2.44. The Balaban J connectivity index is 1.59. The lowest BCUT2D eigenvalue weighted by atomic mass is 9.95. The fraction of sp³-hybridized carbons (Fsp3) is 0.600. The average Bonchev–Trinajstić information content (AvgIpc) is 2.89. The first kappa shape index (κ1) is 29.4. The number of nitrogens with zero attached hydrogens (tertiary/aromatic N) is 3. The molecule has 210 valence electrons. The summed E-state index contributed by atoms with van der Waals surface area (Å²) in [7, 11) is 0. The van der Waals surface area contributed by atoms with Crippen molar-refractivity contribution >= 4 is 29.4 Å². The number of carbonyl (C=O) groups excluding carboxylic acids is 3. The summed E-state index contributed by atoms with van der Waals surface area (Å²) >= 11 is 0. The minimum atomic E-state index is -5.32. The van der Waals surface area contributed by atoms with Crippen molar-refractivity contribution in [2.45, 2.75) is 44.9 Å². The van der Waals surface area contributed by atoms with Crippen molar-refractivity contribution in [1.82, 2.24) is 9.80 Å². The first-order valence-electron chi connectivity index (χ1n) is 12.6. The number of piperidine rings is 1. The fourth-order valence-corrected chi connectivity index (χ4v) is 5.01. The number of anilines is 1. The molecular formula is C25H34F3N5O5. The van der Waals surface area contributed by atoms with Crippen LogP contribution in [-0.2, 0) is 23.9 Å². The van der Waals surface area contributed by atoms with Gasteiger partial charge in [0.25, 0.3) is 0 Å². The second kappa shape index (κ2) is 12.6. The Morgan fingerprint density at radius 3 is 2.11 bits per heavy atom. The fourth-order valence-electron chi connectivity index (χ4n) is 5.01. The summed E-state index contributed by atoms with van der Waals surface area (Å²) < 4.78 is 47.1. The first-order valence-corrected chi connectivity index (χ1v) is 12.6. The van der Waals surface area contributed by atoms with Gasteiger partial charge in [-0.05, 0) is 51.0 Å². The SMILES string of the molecule is CCOC(=O)C(C)C(C(=O)OC(=O)C(F)(F)F)N1CCC(N2CCN(c3ccc(C(=N)N)cc3)CC2)CC1. The number of hydrogen-bond acceptors (Lipinski definition) is 9. The zero-order chi connectivity index (χ0) is 28.0. The highest BCUT2D eigenvalue weighted by molar-refractivity contribution is 5.95. The van der Waals surface area contributed by atoms with Crippen molar-refractivity contribution in [3.05, 3.63) is 29.8 Å². The number of piperazine rings is 1. The Hall–Kier alpha value is -3.19. The predicted molar refractivity (Wildman–Crippen MR) is 133 cm³/mol. The third-order valence-corrected chi connectivity index (χ3v) is 7.06. The topological polar surface area (TPSA) is 129 Å². The van der Waals surface area contributed by atoms with Crippen LogP contribution in [-0.4, -0.2) is 97.7 Å². The van der Waals surface area contributed by atoms with Crippen molar-refractivity contribution < 1.29 is 37.0 Å². The molecule has 38 heavy (non-hydrogen) atoms. The second-order valence-electron chi connectivity index (χ2n) is 9.44. The van der Waals surface area contributed by atoms with E-state index in [1.807, 2.05) is 24.3 Å². The van der Waals surface area contributed by atoms with E-state index in [1.165, 1.54) is 6.92 Å². The minimum absolute atomic E-state index is 0.0202. The van der Waals surface area contributed by atoms with Crippen LogP contribution < -0.4 is 10.6 Å². The highest BCUT2D eigenvalue weighted by atomic mass is 19.4. The summed E-state index contributed by atoms with van der Waals surface area (Å²) in [5.41, 5.74) is 7.24. The number of nitrogens with one attached hydrogen (secondary N) is 1. The molecule has 0 saturated carbocycles. The number of amidine groups is 1. The van der Waals surface area contributed by atoms with Gasteiger partial charge >= 0.3 is 24.1 Å². The van der Waals surface area contributed by atoms with Gasteiger partial charge < -0.3 is 20.1 Å². The van der Waals surface area contributed by atoms with Gasteiger partial charge in [-0.15, -0.1) is 0 Å². The Kier molecular flexibility index (Phi) is 9.71. The standard InChI is InChI=1S/C25H34F3N5O5/c1-3-37-22(34)16(2)20(23(35)38-24(36)25(26,27)28)33-10-8-19(9-11-33)32-14-12-31(13-15-32)18-6-4-17(5-7-18)21(29)30/h4-7,16,19-20H,3,8-15H2,1-2H3,(H3,29,30). The number of halogens is 3. The van der Waals surface area contributed by atoms with Gasteiger partial charge in [-0.1, -0.05) is 0 Å². The van der Waals surface area contributed by atoms with Gasteiger partial charge in [-0.2, -0.15) is 13.2 Å². The van der Waals surface area contributed by atoms with Gasteiger partial charge in [0.15, 0.2) is 0 Å². The van der Waals surface area contributed by atoms with Gasteiger partial charge in [0.05, 0.1) is 12.5 Å². The largest absolute Gasteiger partial charge is 0.491 e. The minimum Gasteiger partial charge on any atom is -0.466 e. The van der Waals surface area contributed by atoms with Crippen molar-refractivity contribution in [2.24, 2.45) is 11.7 Å². The number of carbonyl (C=O) groups is 3. The number of hydrogen-bond donors (Lipinski definition) is 2. The van der Waals surface area contributed by atoms with E-state index in [-0.39, 0.29) is 18.5 Å². The number of nitrogen functional groups attached to an aromatic ring is 1. The van der Waals surface area contributed by atoms with Crippen LogP contribution in [0.4, 0.5) is 18.9 Å². The van der Waals surface area contributed by atoms with Crippen molar-refractivity contribution in [3.63, 3.8) is 0 Å². The van der Waals surface area contributed by atoms with Gasteiger partial charge in [0.1, 0.15) is 11.9 Å². The average molecular weight is 542 g/mol. The number of alkyl halides is 3. The molecule has 0 amide bonds. The van der Waals surface area contributed by atoms with Crippen molar-refractivity contribution in [2.75, 3.05) is 50.8 Å².